The van der Waals surface area contributed by atoms with Crippen LogP contribution in [-0.2, 0) is 0 Å². The molecule has 0 saturated heterocycles. The highest BCUT2D eigenvalue weighted by atomic mass is 16.3. The zero-order chi connectivity index (χ0) is 34.4. The number of fused-ring (bicyclic) bond motifs is 16. The van der Waals surface area contributed by atoms with Gasteiger partial charge in [-0.2, -0.15) is 4.98 Å². The Balaban J connectivity index is 1.30. The molecule has 0 aliphatic rings. The molecule has 0 atom stereocenters. The van der Waals surface area contributed by atoms with Crippen LogP contribution in [0.4, 0.5) is 0 Å². The maximum absolute atomic E-state index is 6.60. The molecule has 0 amide bonds. The fraction of sp³-hybridized carbons (Fsp3) is 0. The van der Waals surface area contributed by atoms with E-state index < -0.39 is 0 Å². The Kier molecular flexibility index (Phi) is 5.06. The SMILES string of the molecule is c1ccc2cc(-c3nc(-n4c5ccc6ccccc6c5c5cc6c7ccccc7n7c8ccccc8c(c54)c67)c4c(n3)oc3ccccc34)ccc2c1. The molecule has 0 bridgehead atoms. The normalized spacial score (nSPS) is 12.5. The summed E-state index contributed by atoms with van der Waals surface area (Å²) in [6, 6.07) is 56.4. The van der Waals surface area contributed by atoms with E-state index in [2.05, 4.69) is 155 Å². The van der Waals surface area contributed by atoms with E-state index in [-0.39, 0.29) is 0 Å². The van der Waals surface area contributed by atoms with Crippen molar-refractivity contribution in [2.75, 3.05) is 0 Å². The third-order valence-electron chi connectivity index (χ3n) is 11.4. The van der Waals surface area contributed by atoms with E-state index in [1.54, 1.807) is 0 Å². The highest BCUT2D eigenvalue weighted by Gasteiger charge is 2.27. The molecule has 0 unspecified atom stereocenters. The van der Waals surface area contributed by atoms with Crippen molar-refractivity contribution in [2.45, 2.75) is 0 Å². The van der Waals surface area contributed by atoms with Crippen LogP contribution < -0.4 is 0 Å². The molecule has 13 rings (SSSR count). The van der Waals surface area contributed by atoms with Crippen molar-refractivity contribution in [3.63, 3.8) is 0 Å². The zero-order valence-electron chi connectivity index (χ0n) is 28.2. The number of hydrogen-bond acceptors (Lipinski definition) is 3. The predicted molar refractivity (Wildman–Crippen MR) is 219 cm³/mol. The molecule has 0 aliphatic heterocycles. The Hall–Kier alpha value is -7.24. The Bertz CT molecular complexity index is 3700. The first-order valence-corrected chi connectivity index (χ1v) is 18.0. The van der Waals surface area contributed by atoms with Crippen molar-refractivity contribution < 1.29 is 4.42 Å². The van der Waals surface area contributed by atoms with Gasteiger partial charge in [0, 0.05) is 43.3 Å². The minimum atomic E-state index is 0.571. The summed E-state index contributed by atoms with van der Waals surface area (Å²) in [6.07, 6.45) is 0. The monoisotopic (exact) mass is 674 g/mol. The zero-order valence-corrected chi connectivity index (χ0v) is 28.2. The van der Waals surface area contributed by atoms with Crippen molar-refractivity contribution in [1.29, 1.82) is 0 Å². The molecular formula is C48H26N4O. The van der Waals surface area contributed by atoms with Crippen LogP contribution in [-0.4, -0.2) is 18.9 Å². The summed E-state index contributed by atoms with van der Waals surface area (Å²) in [7, 11) is 0. The molecule has 5 heteroatoms. The van der Waals surface area contributed by atoms with Gasteiger partial charge in [0.05, 0.1) is 33.0 Å². The number of furan rings is 1. The number of rotatable bonds is 2. The van der Waals surface area contributed by atoms with Crippen LogP contribution in [0.2, 0.25) is 0 Å². The van der Waals surface area contributed by atoms with Crippen LogP contribution >= 0.6 is 0 Å². The minimum Gasteiger partial charge on any atom is -0.437 e. The van der Waals surface area contributed by atoms with Gasteiger partial charge < -0.3 is 8.82 Å². The van der Waals surface area contributed by atoms with Gasteiger partial charge in [-0.15, -0.1) is 0 Å². The molecule has 0 saturated carbocycles. The summed E-state index contributed by atoms with van der Waals surface area (Å²) in [5.74, 6) is 1.43. The van der Waals surface area contributed by atoms with E-state index in [1.807, 2.05) is 12.1 Å². The molecule has 5 nitrogen and oxygen atoms in total. The second-order valence-electron chi connectivity index (χ2n) is 14.1. The van der Waals surface area contributed by atoms with Crippen molar-refractivity contribution in [2.24, 2.45) is 0 Å². The van der Waals surface area contributed by atoms with Gasteiger partial charge in [-0.3, -0.25) is 4.57 Å². The lowest BCUT2D eigenvalue weighted by atomic mass is 10.0. The third-order valence-corrected chi connectivity index (χ3v) is 11.4. The molecule has 0 N–H and O–H groups in total. The first kappa shape index (κ1) is 27.5. The Morgan fingerprint density at radius 1 is 0.415 bits per heavy atom. The quantitative estimate of drug-likeness (QED) is 0.183. The summed E-state index contributed by atoms with van der Waals surface area (Å²) in [4.78, 5) is 10.7. The Morgan fingerprint density at radius 3 is 1.96 bits per heavy atom. The van der Waals surface area contributed by atoms with Gasteiger partial charge in [0.25, 0.3) is 0 Å². The first-order chi connectivity index (χ1) is 26.3. The predicted octanol–water partition coefficient (Wildman–Crippen LogP) is 12.6. The number of benzene rings is 8. The molecule has 244 valence electrons. The number of nitrogens with zero attached hydrogens (tertiary/aromatic N) is 4. The molecule has 0 aliphatic carbocycles. The minimum absolute atomic E-state index is 0.571. The fourth-order valence-electron chi connectivity index (χ4n) is 9.22. The number of aromatic nitrogens is 4. The highest BCUT2D eigenvalue weighted by molar-refractivity contribution is 6.36. The molecule has 0 radical (unpaired) electrons. The molecule has 13 aromatic rings. The number of hydrogen-bond donors (Lipinski definition) is 0. The van der Waals surface area contributed by atoms with E-state index in [0.717, 1.165) is 44.2 Å². The lowest BCUT2D eigenvalue weighted by Crippen LogP contribution is -2.02. The third kappa shape index (κ3) is 3.46. The molecule has 53 heavy (non-hydrogen) atoms. The van der Waals surface area contributed by atoms with Crippen molar-refractivity contribution in [1.82, 2.24) is 18.9 Å². The van der Waals surface area contributed by atoms with Crippen LogP contribution in [0.5, 0.6) is 0 Å². The summed E-state index contributed by atoms with van der Waals surface area (Å²) in [5.41, 5.74) is 8.16. The number of para-hydroxylation sites is 3. The second-order valence-corrected chi connectivity index (χ2v) is 14.1. The molecule has 8 aromatic carbocycles. The van der Waals surface area contributed by atoms with Crippen LogP contribution in [0.1, 0.15) is 0 Å². The van der Waals surface area contributed by atoms with E-state index in [9.17, 15) is 0 Å². The van der Waals surface area contributed by atoms with Crippen LogP contribution in [0, 0.1) is 0 Å². The van der Waals surface area contributed by atoms with Gasteiger partial charge in [-0.05, 0) is 57.9 Å². The maximum atomic E-state index is 6.60. The maximum Gasteiger partial charge on any atom is 0.233 e. The van der Waals surface area contributed by atoms with E-state index >= 15 is 0 Å². The summed E-state index contributed by atoms with van der Waals surface area (Å²) in [5, 5.41) is 14.0. The summed E-state index contributed by atoms with van der Waals surface area (Å²) in [6.45, 7) is 0. The van der Waals surface area contributed by atoms with Gasteiger partial charge in [-0.1, -0.05) is 121 Å². The molecule has 5 aromatic heterocycles. The largest absolute Gasteiger partial charge is 0.437 e. The molecule has 0 spiro atoms. The smallest absolute Gasteiger partial charge is 0.233 e. The van der Waals surface area contributed by atoms with E-state index in [1.165, 1.54) is 65.0 Å². The summed E-state index contributed by atoms with van der Waals surface area (Å²) >= 11 is 0. The average molecular weight is 675 g/mol. The van der Waals surface area contributed by atoms with Crippen molar-refractivity contribution >= 4 is 104 Å². The lowest BCUT2D eigenvalue weighted by molar-refractivity contribution is 0.653. The highest BCUT2D eigenvalue weighted by Crippen LogP contribution is 2.48. The first-order valence-electron chi connectivity index (χ1n) is 18.0. The Labute approximate surface area is 300 Å². The van der Waals surface area contributed by atoms with E-state index in [4.69, 9.17) is 14.4 Å². The molecule has 0 fully saturated rings. The van der Waals surface area contributed by atoms with Gasteiger partial charge in [0.15, 0.2) is 11.6 Å². The van der Waals surface area contributed by atoms with Crippen LogP contribution in [0.15, 0.2) is 162 Å². The van der Waals surface area contributed by atoms with Gasteiger partial charge in [-0.25, -0.2) is 4.98 Å². The Morgan fingerprint density at radius 2 is 1.09 bits per heavy atom. The second kappa shape index (κ2) is 9.75. The van der Waals surface area contributed by atoms with Crippen LogP contribution in [0.3, 0.4) is 0 Å². The van der Waals surface area contributed by atoms with Gasteiger partial charge in [0.1, 0.15) is 5.58 Å². The average Bonchev–Trinajstić information content (AvgIpc) is 3.95. The summed E-state index contributed by atoms with van der Waals surface area (Å²) < 4.78 is 11.5. The van der Waals surface area contributed by atoms with Crippen molar-refractivity contribution in [3.05, 3.63) is 158 Å². The topological polar surface area (TPSA) is 48.3 Å². The standard InChI is InChI=1S/C48H26N4O/c1-2-13-29-25-30(22-21-27(29)11-1)46-49-47(43-34-17-7-10-20-40(34)53-48(43)50-46)52-39-24-23-28-12-3-4-14-31(28)41(39)36-26-35-32-15-5-8-18-37(32)51-38-19-9-6-16-33(38)42(44(35)51)45(36)52/h1-26H. The van der Waals surface area contributed by atoms with Crippen molar-refractivity contribution in [3.8, 4) is 17.2 Å². The molecule has 5 heterocycles. The van der Waals surface area contributed by atoms with Crippen LogP contribution in [0.25, 0.3) is 121 Å². The van der Waals surface area contributed by atoms with Gasteiger partial charge in [0.2, 0.25) is 5.71 Å². The molecular weight excluding hydrogens is 649 g/mol. The van der Waals surface area contributed by atoms with E-state index in [0.29, 0.717) is 11.5 Å². The fourth-order valence-corrected chi connectivity index (χ4v) is 9.22. The lowest BCUT2D eigenvalue weighted by Gasteiger charge is -2.12. The van der Waals surface area contributed by atoms with Gasteiger partial charge >= 0.3 is 0 Å².